The van der Waals surface area contributed by atoms with Gasteiger partial charge in [-0.1, -0.05) is 15.9 Å². The number of benzene rings is 1. The molecule has 8 nitrogen and oxygen atoms in total. The second-order valence-electron chi connectivity index (χ2n) is 5.76. The lowest BCUT2D eigenvalue weighted by Gasteiger charge is -2.31. The second kappa shape index (κ2) is 7.32. The van der Waals surface area contributed by atoms with Gasteiger partial charge in [-0.25, -0.2) is 4.98 Å². The number of aromatic nitrogens is 2. The van der Waals surface area contributed by atoms with E-state index in [1.54, 1.807) is 12.1 Å². The van der Waals surface area contributed by atoms with Crippen LogP contribution >= 0.6 is 15.9 Å². The highest BCUT2D eigenvalue weighted by Crippen LogP contribution is 2.15. The smallest absolute Gasteiger partial charge is 0.261 e. The molecule has 1 fully saturated rings. The van der Waals surface area contributed by atoms with Gasteiger partial charge in [0.15, 0.2) is 6.10 Å². The molecule has 0 aliphatic carbocycles. The summed E-state index contributed by atoms with van der Waals surface area (Å²) in [6.45, 7) is 1.03. The zero-order valence-corrected chi connectivity index (χ0v) is 14.9. The Kier molecular flexibility index (Phi) is 5.14. The lowest BCUT2D eigenvalue weighted by atomic mass is 10.2. The standard InChI is InChI=1S/C16H17BrN4O4/c17-10-1-2-12-11(7-10)16(24)21(9-19-12)4-3-14(22)20-5-6-25-13(8-20)15(18)23/h1-2,7,9,13H,3-6,8H2,(H2,18,23). The summed E-state index contributed by atoms with van der Waals surface area (Å²) in [5.41, 5.74) is 5.63. The van der Waals surface area contributed by atoms with Crippen LogP contribution in [0.1, 0.15) is 6.42 Å². The van der Waals surface area contributed by atoms with E-state index >= 15 is 0 Å². The van der Waals surface area contributed by atoms with E-state index in [4.69, 9.17) is 10.5 Å². The van der Waals surface area contributed by atoms with Crippen LogP contribution < -0.4 is 11.3 Å². The molecule has 1 aliphatic rings. The van der Waals surface area contributed by atoms with Crippen molar-refractivity contribution in [2.24, 2.45) is 5.73 Å². The van der Waals surface area contributed by atoms with Gasteiger partial charge in [-0.05, 0) is 18.2 Å². The summed E-state index contributed by atoms with van der Waals surface area (Å²) in [5.74, 6) is -0.742. The van der Waals surface area contributed by atoms with Crippen molar-refractivity contribution in [3.63, 3.8) is 0 Å². The number of primary amides is 1. The second-order valence-corrected chi connectivity index (χ2v) is 6.67. The summed E-state index contributed by atoms with van der Waals surface area (Å²) < 4.78 is 7.43. The van der Waals surface area contributed by atoms with Crippen molar-refractivity contribution >= 4 is 38.6 Å². The fraction of sp³-hybridized carbons (Fsp3) is 0.375. The molecule has 2 aromatic rings. The third-order valence-electron chi connectivity index (χ3n) is 4.09. The number of fused-ring (bicyclic) bond motifs is 1. The zero-order chi connectivity index (χ0) is 18.0. The molecule has 2 heterocycles. The first-order valence-corrected chi connectivity index (χ1v) is 8.58. The quantitative estimate of drug-likeness (QED) is 0.780. The molecule has 1 aliphatic heterocycles. The highest BCUT2D eigenvalue weighted by Gasteiger charge is 2.27. The average molecular weight is 409 g/mol. The maximum atomic E-state index is 12.5. The minimum absolute atomic E-state index is 0.132. The number of nitrogens with two attached hydrogens (primary N) is 1. The van der Waals surface area contributed by atoms with Crippen molar-refractivity contribution in [1.29, 1.82) is 0 Å². The van der Waals surface area contributed by atoms with Crippen molar-refractivity contribution in [3.05, 3.63) is 39.4 Å². The van der Waals surface area contributed by atoms with Gasteiger partial charge in [0, 0.05) is 24.0 Å². The van der Waals surface area contributed by atoms with E-state index in [1.807, 2.05) is 6.07 Å². The zero-order valence-electron chi connectivity index (χ0n) is 13.4. The van der Waals surface area contributed by atoms with E-state index in [9.17, 15) is 14.4 Å². The fourth-order valence-corrected chi connectivity index (χ4v) is 3.07. The predicted octanol–water partition coefficient (Wildman–Crippen LogP) is 0.262. The van der Waals surface area contributed by atoms with Gasteiger partial charge in [-0.2, -0.15) is 0 Å². The van der Waals surface area contributed by atoms with Crippen LogP contribution in [-0.2, 0) is 20.9 Å². The highest BCUT2D eigenvalue weighted by molar-refractivity contribution is 9.10. The molecule has 1 unspecified atom stereocenters. The van der Waals surface area contributed by atoms with Gasteiger partial charge in [0.25, 0.3) is 5.56 Å². The molecule has 1 aromatic heterocycles. The maximum absolute atomic E-state index is 12.5. The van der Waals surface area contributed by atoms with Crippen LogP contribution in [0.2, 0.25) is 0 Å². The molecule has 9 heteroatoms. The minimum atomic E-state index is -0.778. The molecular weight excluding hydrogens is 392 g/mol. The maximum Gasteiger partial charge on any atom is 0.261 e. The van der Waals surface area contributed by atoms with Gasteiger partial charge < -0.3 is 15.4 Å². The summed E-state index contributed by atoms with van der Waals surface area (Å²) in [5, 5.41) is 0.490. The van der Waals surface area contributed by atoms with E-state index in [0.29, 0.717) is 17.4 Å². The summed E-state index contributed by atoms with van der Waals surface area (Å²) >= 11 is 3.34. The third-order valence-corrected chi connectivity index (χ3v) is 4.58. The lowest BCUT2D eigenvalue weighted by Crippen LogP contribution is -2.50. The van der Waals surface area contributed by atoms with Gasteiger partial charge in [-0.15, -0.1) is 0 Å². The summed E-state index contributed by atoms with van der Waals surface area (Å²) in [6, 6.07) is 5.28. The number of morpholine rings is 1. The Labute approximate surface area is 151 Å². The third kappa shape index (κ3) is 3.88. The number of ether oxygens (including phenoxy) is 1. The van der Waals surface area contributed by atoms with Gasteiger partial charge in [0.1, 0.15) is 0 Å². The Balaban J connectivity index is 1.70. The molecule has 1 atom stereocenters. The van der Waals surface area contributed by atoms with Crippen molar-refractivity contribution in [3.8, 4) is 0 Å². The Morgan fingerprint density at radius 2 is 2.20 bits per heavy atom. The Hall–Kier alpha value is -2.26. The largest absolute Gasteiger partial charge is 0.367 e. The number of rotatable bonds is 4. The highest BCUT2D eigenvalue weighted by atomic mass is 79.9. The first kappa shape index (κ1) is 17.6. The number of nitrogens with zero attached hydrogens (tertiary/aromatic N) is 3. The molecule has 1 saturated heterocycles. The van der Waals surface area contributed by atoms with Crippen LogP contribution in [0, 0.1) is 0 Å². The summed E-state index contributed by atoms with van der Waals surface area (Å²) in [6.07, 6.45) is 0.796. The van der Waals surface area contributed by atoms with Crippen LogP contribution in [0.5, 0.6) is 0 Å². The molecule has 3 rings (SSSR count). The normalized spacial score (nSPS) is 17.6. The van der Waals surface area contributed by atoms with E-state index in [0.717, 1.165) is 4.47 Å². The first-order valence-electron chi connectivity index (χ1n) is 7.79. The van der Waals surface area contributed by atoms with E-state index in [-0.39, 0.29) is 37.6 Å². The van der Waals surface area contributed by atoms with Gasteiger partial charge in [0.05, 0.1) is 30.4 Å². The molecule has 2 amide bonds. The Morgan fingerprint density at radius 3 is 2.96 bits per heavy atom. The number of carbonyl (C=O) groups is 2. The van der Waals surface area contributed by atoms with Crippen molar-refractivity contribution in [2.45, 2.75) is 19.1 Å². The first-order chi connectivity index (χ1) is 12.0. The average Bonchev–Trinajstić information content (AvgIpc) is 2.61. The molecule has 0 radical (unpaired) electrons. The number of hydrogen-bond acceptors (Lipinski definition) is 5. The van der Waals surface area contributed by atoms with E-state index in [1.165, 1.54) is 15.8 Å². The number of halogens is 1. The van der Waals surface area contributed by atoms with Crippen LogP contribution in [0.15, 0.2) is 33.8 Å². The van der Waals surface area contributed by atoms with Crippen molar-refractivity contribution < 1.29 is 14.3 Å². The van der Waals surface area contributed by atoms with Crippen LogP contribution in [0.3, 0.4) is 0 Å². The predicted molar refractivity (Wildman–Crippen MR) is 93.8 cm³/mol. The molecule has 1 aromatic carbocycles. The number of hydrogen-bond donors (Lipinski definition) is 1. The fourth-order valence-electron chi connectivity index (χ4n) is 2.71. The molecule has 0 spiro atoms. The van der Waals surface area contributed by atoms with Crippen LogP contribution in [-0.4, -0.2) is 52.1 Å². The molecule has 25 heavy (non-hydrogen) atoms. The summed E-state index contributed by atoms with van der Waals surface area (Å²) in [7, 11) is 0. The lowest BCUT2D eigenvalue weighted by molar-refractivity contribution is -0.145. The van der Waals surface area contributed by atoms with Crippen molar-refractivity contribution in [1.82, 2.24) is 14.5 Å². The number of aryl methyl sites for hydroxylation is 1. The Morgan fingerprint density at radius 1 is 1.40 bits per heavy atom. The van der Waals surface area contributed by atoms with Gasteiger partial charge in [-0.3, -0.25) is 19.0 Å². The molecule has 132 valence electrons. The molecule has 0 saturated carbocycles. The minimum Gasteiger partial charge on any atom is -0.367 e. The van der Waals surface area contributed by atoms with Crippen LogP contribution in [0.25, 0.3) is 10.9 Å². The summed E-state index contributed by atoms with van der Waals surface area (Å²) in [4.78, 5) is 41.8. The van der Waals surface area contributed by atoms with E-state index in [2.05, 4.69) is 20.9 Å². The topological polar surface area (TPSA) is 108 Å². The molecule has 2 N–H and O–H groups in total. The Bertz CT molecular complexity index is 882. The number of amides is 2. The SMILES string of the molecule is NC(=O)C1CN(C(=O)CCn2cnc3ccc(Br)cc3c2=O)CCO1. The van der Waals surface area contributed by atoms with Gasteiger partial charge in [0.2, 0.25) is 11.8 Å². The molecule has 0 bridgehead atoms. The van der Waals surface area contributed by atoms with E-state index < -0.39 is 12.0 Å². The number of carbonyl (C=O) groups excluding carboxylic acids is 2. The molecular formula is C16H17BrN4O4. The van der Waals surface area contributed by atoms with Crippen molar-refractivity contribution in [2.75, 3.05) is 19.7 Å². The van der Waals surface area contributed by atoms with Gasteiger partial charge >= 0.3 is 0 Å². The van der Waals surface area contributed by atoms with Crippen LogP contribution in [0.4, 0.5) is 0 Å². The monoisotopic (exact) mass is 408 g/mol.